The minimum absolute atomic E-state index is 0.0470. The lowest BCUT2D eigenvalue weighted by Gasteiger charge is -1.96. The van der Waals surface area contributed by atoms with Crippen LogP contribution in [-0.4, -0.2) is 23.1 Å². The SMILES string of the molecule is Cc1cc(C=C2C(=O)c3ccccc3C2=O)sc1-c1cc(C)c(-c2sc(C=C3C(=O)c4ccccc4C3=O)cc2F)s1. The van der Waals surface area contributed by atoms with Gasteiger partial charge in [0.1, 0.15) is 5.82 Å². The number of rotatable bonds is 4. The molecule has 8 heteroatoms. The molecule has 0 saturated carbocycles. The molecule has 0 atom stereocenters. The van der Waals surface area contributed by atoms with Gasteiger partial charge < -0.3 is 0 Å². The lowest BCUT2D eigenvalue weighted by molar-refractivity contribution is 0.0975. The first-order valence-electron chi connectivity index (χ1n) is 13.0. The fraction of sp³-hybridized carbons (Fsp3) is 0.0588. The first kappa shape index (κ1) is 26.5. The van der Waals surface area contributed by atoms with E-state index < -0.39 is 5.82 Å². The Hall–Kier alpha value is -4.37. The normalized spacial score (nSPS) is 14.2. The van der Waals surface area contributed by atoms with Gasteiger partial charge in [0.2, 0.25) is 0 Å². The number of hydrogen-bond donors (Lipinski definition) is 0. The van der Waals surface area contributed by atoms with Crippen molar-refractivity contribution in [1.29, 1.82) is 0 Å². The minimum atomic E-state index is -0.412. The molecule has 5 aromatic rings. The number of aryl methyl sites for hydroxylation is 2. The van der Waals surface area contributed by atoms with Gasteiger partial charge in [0.25, 0.3) is 0 Å². The fourth-order valence-corrected chi connectivity index (χ4v) is 8.98. The number of carbonyl (C=O) groups excluding carboxylic acids is 4. The topological polar surface area (TPSA) is 68.3 Å². The Balaban J connectivity index is 1.20. The van der Waals surface area contributed by atoms with Gasteiger partial charge in [-0.15, -0.1) is 34.0 Å². The Morgan fingerprint density at radius 1 is 0.548 bits per heavy atom. The highest BCUT2D eigenvalue weighted by Gasteiger charge is 2.34. The molecule has 2 aliphatic rings. The Bertz CT molecular complexity index is 2030. The van der Waals surface area contributed by atoms with Crippen LogP contribution in [0.5, 0.6) is 0 Å². The highest BCUT2D eigenvalue weighted by Crippen LogP contribution is 2.46. The quantitative estimate of drug-likeness (QED) is 0.151. The molecular weight excluding hydrogens is 588 g/mol. The van der Waals surface area contributed by atoms with E-state index in [1.54, 1.807) is 54.6 Å². The summed E-state index contributed by atoms with van der Waals surface area (Å²) in [4.78, 5) is 55.8. The summed E-state index contributed by atoms with van der Waals surface area (Å²) in [6.07, 6.45) is 3.15. The zero-order valence-corrected chi connectivity index (χ0v) is 24.7. The summed E-state index contributed by atoms with van der Waals surface area (Å²) in [5.41, 5.74) is 3.71. The summed E-state index contributed by atoms with van der Waals surface area (Å²) < 4.78 is 15.3. The zero-order chi connectivity index (χ0) is 29.3. The van der Waals surface area contributed by atoms with Gasteiger partial charge in [-0.3, -0.25) is 19.2 Å². The number of ketones is 4. The van der Waals surface area contributed by atoms with Crippen LogP contribution in [-0.2, 0) is 0 Å². The molecule has 0 radical (unpaired) electrons. The van der Waals surface area contributed by atoms with Gasteiger partial charge in [-0.25, -0.2) is 4.39 Å². The van der Waals surface area contributed by atoms with Crippen molar-refractivity contribution in [2.24, 2.45) is 0 Å². The highest BCUT2D eigenvalue weighted by atomic mass is 32.1. The van der Waals surface area contributed by atoms with Crippen molar-refractivity contribution >= 4 is 69.3 Å². The van der Waals surface area contributed by atoms with Crippen molar-refractivity contribution < 1.29 is 23.6 Å². The molecule has 0 unspecified atom stereocenters. The summed E-state index contributed by atoms with van der Waals surface area (Å²) in [5.74, 6) is -1.62. The van der Waals surface area contributed by atoms with Gasteiger partial charge in [-0.1, -0.05) is 48.5 Å². The number of fused-ring (bicyclic) bond motifs is 2. The van der Waals surface area contributed by atoms with E-state index >= 15 is 4.39 Å². The van der Waals surface area contributed by atoms with Crippen LogP contribution in [0.1, 0.15) is 62.3 Å². The maximum absolute atomic E-state index is 15.3. The Morgan fingerprint density at radius 3 is 1.48 bits per heavy atom. The second-order valence-corrected chi connectivity index (χ2v) is 13.4. The summed E-state index contributed by atoms with van der Waals surface area (Å²) in [6, 6.07) is 18.9. The van der Waals surface area contributed by atoms with E-state index in [0.717, 1.165) is 30.6 Å². The third kappa shape index (κ3) is 4.14. The van der Waals surface area contributed by atoms with Crippen molar-refractivity contribution in [3.05, 3.63) is 127 Å². The van der Waals surface area contributed by atoms with Crippen LogP contribution in [0.2, 0.25) is 0 Å². The molecule has 0 saturated heterocycles. The molecule has 0 fully saturated rings. The van der Waals surface area contributed by atoms with E-state index in [1.165, 1.54) is 46.2 Å². The highest BCUT2D eigenvalue weighted by molar-refractivity contribution is 7.27. The predicted octanol–water partition coefficient (Wildman–Crippen LogP) is 8.89. The number of carbonyl (C=O) groups is 4. The van der Waals surface area contributed by atoms with Crippen molar-refractivity contribution in [1.82, 2.24) is 0 Å². The maximum atomic E-state index is 15.3. The summed E-state index contributed by atoms with van der Waals surface area (Å²) >= 11 is 4.14. The summed E-state index contributed by atoms with van der Waals surface area (Å²) in [7, 11) is 0. The molecule has 42 heavy (non-hydrogen) atoms. The average Bonchev–Trinajstić information content (AvgIpc) is 3.76. The van der Waals surface area contributed by atoms with Crippen LogP contribution < -0.4 is 0 Å². The monoisotopic (exact) mass is 606 g/mol. The molecule has 0 N–H and O–H groups in total. The van der Waals surface area contributed by atoms with Crippen LogP contribution in [0.3, 0.4) is 0 Å². The third-order valence-electron chi connectivity index (χ3n) is 7.37. The molecule has 0 bridgehead atoms. The van der Waals surface area contributed by atoms with Crippen molar-refractivity contribution in [3.63, 3.8) is 0 Å². The molecule has 204 valence electrons. The van der Waals surface area contributed by atoms with Gasteiger partial charge in [0.05, 0.1) is 20.9 Å². The smallest absolute Gasteiger partial charge is 0.197 e. The number of benzene rings is 2. The lowest BCUT2D eigenvalue weighted by atomic mass is 10.1. The second kappa shape index (κ2) is 9.87. The van der Waals surface area contributed by atoms with Crippen molar-refractivity contribution in [2.45, 2.75) is 13.8 Å². The van der Waals surface area contributed by atoms with Crippen LogP contribution in [0, 0.1) is 19.7 Å². The third-order valence-corrected chi connectivity index (χ3v) is 11.2. The van der Waals surface area contributed by atoms with E-state index in [4.69, 9.17) is 0 Å². The van der Waals surface area contributed by atoms with Gasteiger partial charge in [-0.05, 0) is 55.3 Å². The molecule has 2 aromatic carbocycles. The van der Waals surface area contributed by atoms with Crippen LogP contribution in [0.15, 0.2) is 77.9 Å². The van der Waals surface area contributed by atoms with E-state index in [9.17, 15) is 19.2 Å². The molecule has 0 amide bonds. The zero-order valence-electron chi connectivity index (χ0n) is 22.2. The molecule has 0 spiro atoms. The summed E-state index contributed by atoms with van der Waals surface area (Å²) in [6.45, 7) is 3.89. The maximum Gasteiger partial charge on any atom is 0.197 e. The largest absolute Gasteiger partial charge is 0.288 e. The first-order valence-corrected chi connectivity index (χ1v) is 15.5. The molecule has 3 aromatic heterocycles. The van der Waals surface area contributed by atoms with Gasteiger partial charge in [-0.2, -0.15) is 0 Å². The van der Waals surface area contributed by atoms with Crippen LogP contribution in [0.25, 0.3) is 31.7 Å². The number of hydrogen-bond acceptors (Lipinski definition) is 7. The van der Waals surface area contributed by atoms with E-state index in [2.05, 4.69) is 0 Å². The predicted molar refractivity (Wildman–Crippen MR) is 167 cm³/mol. The fourth-order valence-electron chi connectivity index (χ4n) is 5.35. The van der Waals surface area contributed by atoms with Gasteiger partial charge >= 0.3 is 0 Å². The molecule has 4 nitrogen and oxygen atoms in total. The number of Topliss-reactive ketones (excluding diaryl/α,β-unsaturated/α-hetero) is 4. The average molecular weight is 607 g/mol. The molecule has 7 rings (SSSR count). The van der Waals surface area contributed by atoms with E-state index in [0.29, 0.717) is 32.0 Å². The van der Waals surface area contributed by atoms with Gasteiger partial charge in [0, 0.05) is 41.8 Å². The number of thiophene rings is 3. The second-order valence-electron chi connectivity index (χ2n) is 10.1. The first-order chi connectivity index (χ1) is 20.2. The Kier molecular flexibility index (Phi) is 6.23. The molecular formula is C34H19FO4S3. The van der Waals surface area contributed by atoms with Crippen LogP contribution in [0.4, 0.5) is 4.39 Å². The molecule has 2 aliphatic carbocycles. The van der Waals surface area contributed by atoms with Crippen LogP contribution >= 0.6 is 34.0 Å². The van der Waals surface area contributed by atoms with Crippen molar-refractivity contribution in [2.75, 3.05) is 0 Å². The summed E-state index contributed by atoms with van der Waals surface area (Å²) in [5, 5.41) is 0. The van der Waals surface area contributed by atoms with E-state index in [1.807, 2.05) is 26.0 Å². The lowest BCUT2D eigenvalue weighted by Crippen LogP contribution is -1.99. The minimum Gasteiger partial charge on any atom is -0.288 e. The Morgan fingerprint density at radius 2 is 0.976 bits per heavy atom. The Labute approximate surface area is 252 Å². The number of halogens is 1. The molecule has 3 heterocycles. The van der Waals surface area contributed by atoms with E-state index in [-0.39, 0.29) is 34.3 Å². The molecule has 0 aliphatic heterocycles. The van der Waals surface area contributed by atoms with Crippen molar-refractivity contribution in [3.8, 4) is 19.5 Å². The number of allylic oxidation sites excluding steroid dienone is 2. The van der Waals surface area contributed by atoms with Gasteiger partial charge in [0.15, 0.2) is 23.1 Å². The standard InChI is InChI=1S/C34H19FO4S3/c1-16-11-18(13-24-28(36)20-7-3-4-8-21(20)29(24)37)40-32(16)27-12-17(2)33(42-27)34-26(35)15-19(41-34)14-25-30(38)22-9-5-6-10-23(22)31(25)39/h3-15H,1-2H3.